The molecular formula is C15H15N3O2. The van der Waals surface area contributed by atoms with Crippen LogP contribution in [0.4, 0.5) is 5.88 Å². The molecule has 0 aliphatic rings. The number of H-pyrrole nitrogens is 1. The molecule has 0 atom stereocenters. The van der Waals surface area contributed by atoms with Crippen molar-refractivity contribution in [3.63, 3.8) is 0 Å². The first-order valence-electron chi connectivity index (χ1n) is 6.48. The normalized spacial score (nSPS) is 11.1. The molecule has 0 spiro atoms. The maximum absolute atomic E-state index is 12.6. The molecule has 20 heavy (non-hydrogen) atoms. The highest BCUT2D eigenvalue weighted by atomic mass is 16.4. The minimum atomic E-state index is -0.145. The number of anilines is 1. The number of nitrogens with one attached hydrogen (secondary N) is 1. The van der Waals surface area contributed by atoms with Crippen molar-refractivity contribution in [2.24, 2.45) is 0 Å². The smallest absolute Gasteiger partial charge is 0.248 e. The van der Waals surface area contributed by atoms with Gasteiger partial charge in [0.05, 0.1) is 10.9 Å². The standard InChI is InChI=1S/C15H15N3O2/c1-3-9-4-6-10(7-5-9)13(19)12-11-8(2)17-18-15(11)20-14(12)16/h4-7H,3,16H2,1-2H3,(H,17,18). The fraction of sp³-hybridized carbons (Fsp3) is 0.200. The molecule has 0 saturated heterocycles. The Hall–Kier alpha value is -2.56. The molecule has 5 heteroatoms. The molecule has 3 N–H and O–H groups in total. The van der Waals surface area contributed by atoms with Gasteiger partial charge in [-0.1, -0.05) is 31.2 Å². The molecule has 3 rings (SSSR count). The van der Waals surface area contributed by atoms with Crippen LogP contribution < -0.4 is 5.73 Å². The largest absolute Gasteiger partial charge is 0.420 e. The van der Waals surface area contributed by atoms with Gasteiger partial charge in [-0.2, -0.15) is 0 Å². The molecule has 0 fully saturated rings. The monoisotopic (exact) mass is 269 g/mol. The minimum Gasteiger partial charge on any atom is -0.420 e. The first-order chi connectivity index (χ1) is 9.61. The van der Waals surface area contributed by atoms with Gasteiger partial charge in [0.2, 0.25) is 11.6 Å². The third kappa shape index (κ3) is 1.79. The van der Waals surface area contributed by atoms with Gasteiger partial charge in [0.15, 0.2) is 5.78 Å². The molecule has 0 amide bonds. The number of carbonyl (C=O) groups excluding carboxylic acids is 1. The molecule has 0 radical (unpaired) electrons. The SMILES string of the molecule is CCc1ccc(C(=O)c2c(N)oc3n[nH]c(C)c23)cc1. The van der Waals surface area contributed by atoms with Crippen LogP contribution in [0.5, 0.6) is 0 Å². The Morgan fingerprint density at radius 3 is 2.70 bits per heavy atom. The summed E-state index contributed by atoms with van der Waals surface area (Å²) in [6, 6.07) is 7.52. The third-order valence-electron chi connectivity index (χ3n) is 3.47. The van der Waals surface area contributed by atoms with E-state index in [0.29, 0.717) is 22.2 Å². The number of ketones is 1. The number of rotatable bonds is 3. The highest BCUT2D eigenvalue weighted by Crippen LogP contribution is 2.30. The maximum atomic E-state index is 12.6. The van der Waals surface area contributed by atoms with Crippen LogP contribution in [0.1, 0.15) is 34.1 Å². The molecule has 5 nitrogen and oxygen atoms in total. The van der Waals surface area contributed by atoms with Gasteiger partial charge >= 0.3 is 0 Å². The van der Waals surface area contributed by atoms with Gasteiger partial charge in [0.25, 0.3) is 0 Å². The van der Waals surface area contributed by atoms with E-state index in [2.05, 4.69) is 17.1 Å². The number of fused-ring (bicyclic) bond motifs is 1. The van der Waals surface area contributed by atoms with Gasteiger partial charge in [-0.3, -0.25) is 9.89 Å². The Balaban J connectivity index is 2.11. The van der Waals surface area contributed by atoms with E-state index in [4.69, 9.17) is 10.2 Å². The van der Waals surface area contributed by atoms with E-state index < -0.39 is 0 Å². The number of hydrogen-bond acceptors (Lipinski definition) is 4. The van der Waals surface area contributed by atoms with E-state index in [1.165, 1.54) is 5.56 Å². The highest BCUT2D eigenvalue weighted by Gasteiger charge is 2.23. The number of aryl methyl sites for hydroxylation is 2. The Kier molecular flexibility index (Phi) is 2.82. The van der Waals surface area contributed by atoms with Gasteiger partial charge in [-0.25, -0.2) is 0 Å². The lowest BCUT2D eigenvalue weighted by Gasteiger charge is -2.02. The molecule has 0 bridgehead atoms. The molecular weight excluding hydrogens is 254 g/mol. The van der Waals surface area contributed by atoms with Crippen molar-refractivity contribution < 1.29 is 9.21 Å². The molecule has 2 heterocycles. The Labute approximate surface area is 115 Å². The van der Waals surface area contributed by atoms with Crippen molar-refractivity contribution in [2.45, 2.75) is 20.3 Å². The molecule has 0 unspecified atom stereocenters. The fourth-order valence-corrected chi connectivity index (χ4v) is 2.32. The van der Waals surface area contributed by atoms with Crippen LogP contribution in [0, 0.1) is 6.92 Å². The predicted molar refractivity (Wildman–Crippen MR) is 76.8 cm³/mol. The van der Waals surface area contributed by atoms with Crippen LogP contribution in [-0.4, -0.2) is 16.0 Å². The molecule has 3 aromatic rings. The summed E-state index contributed by atoms with van der Waals surface area (Å²) in [4.78, 5) is 12.6. The fourth-order valence-electron chi connectivity index (χ4n) is 2.32. The Bertz CT molecular complexity index is 781. The van der Waals surface area contributed by atoms with E-state index in [9.17, 15) is 4.79 Å². The van der Waals surface area contributed by atoms with Crippen molar-refractivity contribution in [1.82, 2.24) is 10.2 Å². The lowest BCUT2D eigenvalue weighted by Crippen LogP contribution is -2.04. The van der Waals surface area contributed by atoms with Crippen LogP contribution in [0.15, 0.2) is 28.7 Å². The second-order valence-corrected chi connectivity index (χ2v) is 4.75. The van der Waals surface area contributed by atoms with Crippen LogP contribution in [0.25, 0.3) is 11.1 Å². The number of nitrogens with zero attached hydrogens (tertiary/aromatic N) is 1. The second-order valence-electron chi connectivity index (χ2n) is 4.75. The lowest BCUT2D eigenvalue weighted by molar-refractivity contribution is 0.104. The quantitative estimate of drug-likeness (QED) is 0.716. The predicted octanol–water partition coefficient (Wildman–Crippen LogP) is 2.84. The summed E-state index contributed by atoms with van der Waals surface area (Å²) in [5.74, 6) is -0.0300. The van der Waals surface area contributed by atoms with Crippen molar-refractivity contribution in [1.29, 1.82) is 0 Å². The first kappa shape index (κ1) is 12.5. The molecule has 1 aromatic carbocycles. The average molecular weight is 269 g/mol. The van der Waals surface area contributed by atoms with Gasteiger partial charge in [-0.15, -0.1) is 5.10 Å². The average Bonchev–Trinajstić information content (AvgIpc) is 2.97. The molecule has 102 valence electrons. The molecule has 0 aliphatic carbocycles. The third-order valence-corrected chi connectivity index (χ3v) is 3.47. The van der Waals surface area contributed by atoms with Gasteiger partial charge < -0.3 is 10.2 Å². The van der Waals surface area contributed by atoms with E-state index in [1.807, 2.05) is 31.2 Å². The number of hydrogen-bond donors (Lipinski definition) is 2. The summed E-state index contributed by atoms with van der Waals surface area (Å²) in [7, 11) is 0. The zero-order valence-corrected chi connectivity index (χ0v) is 11.4. The minimum absolute atomic E-state index is 0.115. The van der Waals surface area contributed by atoms with E-state index in [-0.39, 0.29) is 11.7 Å². The van der Waals surface area contributed by atoms with E-state index >= 15 is 0 Å². The van der Waals surface area contributed by atoms with Crippen molar-refractivity contribution in [2.75, 3.05) is 5.73 Å². The molecule has 2 aromatic heterocycles. The van der Waals surface area contributed by atoms with Crippen LogP contribution in [0.2, 0.25) is 0 Å². The number of nitrogen functional groups attached to an aromatic ring is 1. The van der Waals surface area contributed by atoms with Gasteiger partial charge in [0.1, 0.15) is 0 Å². The maximum Gasteiger partial charge on any atom is 0.248 e. The number of benzene rings is 1. The van der Waals surface area contributed by atoms with Crippen molar-refractivity contribution in [3.05, 3.63) is 46.6 Å². The number of nitrogens with two attached hydrogens (primary N) is 1. The molecule has 0 aliphatic heterocycles. The Morgan fingerprint density at radius 1 is 1.35 bits per heavy atom. The first-order valence-corrected chi connectivity index (χ1v) is 6.48. The summed E-state index contributed by atoms with van der Waals surface area (Å²) in [5, 5.41) is 7.44. The summed E-state index contributed by atoms with van der Waals surface area (Å²) < 4.78 is 5.32. The van der Waals surface area contributed by atoms with E-state index in [0.717, 1.165) is 12.1 Å². The zero-order chi connectivity index (χ0) is 14.3. The zero-order valence-electron chi connectivity index (χ0n) is 11.4. The number of carbonyl (C=O) groups is 1. The van der Waals surface area contributed by atoms with Crippen molar-refractivity contribution in [3.8, 4) is 0 Å². The second kappa shape index (κ2) is 4.52. The van der Waals surface area contributed by atoms with Gasteiger partial charge in [-0.05, 0) is 18.9 Å². The summed E-state index contributed by atoms with van der Waals surface area (Å²) in [5.41, 5.74) is 9.13. The van der Waals surface area contributed by atoms with Gasteiger partial charge in [0, 0.05) is 11.3 Å². The number of furan rings is 1. The summed E-state index contributed by atoms with van der Waals surface area (Å²) in [6.45, 7) is 3.91. The topological polar surface area (TPSA) is 84.9 Å². The number of aromatic amines is 1. The summed E-state index contributed by atoms with van der Waals surface area (Å²) in [6.07, 6.45) is 0.938. The van der Waals surface area contributed by atoms with Crippen LogP contribution in [0.3, 0.4) is 0 Å². The van der Waals surface area contributed by atoms with Crippen molar-refractivity contribution >= 4 is 22.8 Å². The molecule has 0 saturated carbocycles. The Morgan fingerprint density at radius 2 is 2.05 bits per heavy atom. The summed E-state index contributed by atoms with van der Waals surface area (Å²) >= 11 is 0. The van der Waals surface area contributed by atoms with Crippen LogP contribution in [-0.2, 0) is 6.42 Å². The lowest BCUT2D eigenvalue weighted by atomic mass is 10.0. The van der Waals surface area contributed by atoms with E-state index in [1.54, 1.807) is 0 Å². The van der Waals surface area contributed by atoms with Crippen LogP contribution >= 0.6 is 0 Å². The highest BCUT2D eigenvalue weighted by molar-refractivity contribution is 6.19. The number of aromatic nitrogens is 2.